The maximum absolute atomic E-state index is 15.0. The third kappa shape index (κ3) is 2.63. The number of nitrogens with one attached hydrogen (secondary N) is 2. The summed E-state index contributed by atoms with van der Waals surface area (Å²) in [5.41, 5.74) is 4.59. The van der Waals surface area contributed by atoms with E-state index in [-0.39, 0.29) is 28.7 Å². The van der Waals surface area contributed by atoms with Gasteiger partial charge in [-0.25, -0.2) is 9.37 Å². The first-order chi connectivity index (χ1) is 15.1. The second-order valence-corrected chi connectivity index (χ2v) is 7.96. The van der Waals surface area contributed by atoms with Crippen molar-refractivity contribution >= 4 is 34.1 Å². The molecule has 6 rings (SSSR count). The average Bonchev–Trinajstić information content (AvgIpc) is 3.47. The fourth-order valence-corrected chi connectivity index (χ4v) is 4.71. The topological polar surface area (TPSA) is 87.7 Å². The van der Waals surface area contributed by atoms with Crippen molar-refractivity contribution in [2.45, 2.75) is 25.2 Å². The number of ketones is 2. The highest BCUT2D eigenvalue weighted by molar-refractivity contribution is 6.30. The number of aromatic amines is 1. The number of carbonyl (C=O) groups excluding carboxylic acids is 2. The van der Waals surface area contributed by atoms with Crippen LogP contribution in [0.3, 0.4) is 0 Å². The fraction of sp³-hybridized carbons (Fsp3) is 0.167. The van der Waals surface area contributed by atoms with Crippen LogP contribution < -0.4 is 5.32 Å². The number of hydrogen-bond acceptors (Lipinski definition) is 5. The quantitative estimate of drug-likeness (QED) is 0.484. The normalized spacial score (nSPS) is 15.5. The molecule has 152 valence electrons. The molecule has 31 heavy (non-hydrogen) atoms. The molecule has 2 aromatic carbocycles. The number of nitrogens with zero attached hydrogens (tertiary/aromatic N) is 2. The molecule has 0 radical (unpaired) electrons. The molecule has 2 N–H and O–H groups in total. The summed E-state index contributed by atoms with van der Waals surface area (Å²) in [7, 11) is 0. The number of Topliss-reactive ketones (excluding diaryl/α,β-unsaturated/α-hetero) is 2. The maximum atomic E-state index is 15.0. The number of H-pyrrole nitrogens is 1. The molecular weight excluding hydrogens is 395 g/mol. The molecule has 2 aliphatic carbocycles. The highest BCUT2D eigenvalue weighted by Crippen LogP contribution is 2.37. The van der Waals surface area contributed by atoms with Gasteiger partial charge in [0.15, 0.2) is 28.8 Å². The maximum Gasteiger partial charge on any atom is 0.183 e. The minimum absolute atomic E-state index is 0.0678. The smallest absolute Gasteiger partial charge is 0.183 e. The first kappa shape index (κ1) is 17.9. The lowest BCUT2D eigenvalue weighted by Crippen LogP contribution is -2.13. The van der Waals surface area contributed by atoms with E-state index < -0.39 is 11.7 Å². The predicted molar refractivity (Wildman–Crippen MR) is 113 cm³/mol. The number of aryl methyl sites for hydroxylation is 1. The molecule has 0 saturated heterocycles. The molecule has 2 aliphatic rings. The molecule has 0 spiro atoms. The van der Waals surface area contributed by atoms with E-state index in [1.54, 1.807) is 24.3 Å². The van der Waals surface area contributed by atoms with Crippen molar-refractivity contribution in [3.05, 3.63) is 82.3 Å². The third-order valence-electron chi connectivity index (χ3n) is 6.20. The Morgan fingerprint density at radius 2 is 1.77 bits per heavy atom. The number of anilines is 2. The van der Waals surface area contributed by atoms with Gasteiger partial charge >= 0.3 is 0 Å². The number of fused-ring (bicyclic) bond motifs is 3. The van der Waals surface area contributed by atoms with Gasteiger partial charge in [0.1, 0.15) is 5.92 Å². The van der Waals surface area contributed by atoms with Crippen LogP contribution in [0.15, 0.2) is 48.5 Å². The van der Waals surface area contributed by atoms with Crippen molar-refractivity contribution in [2.75, 3.05) is 5.32 Å². The molecule has 0 atom stereocenters. The Labute approximate surface area is 176 Å². The number of aromatic nitrogens is 3. The first-order valence-corrected chi connectivity index (χ1v) is 10.2. The molecule has 0 fully saturated rings. The molecule has 0 bridgehead atoms. The number of rotatable bonds is 3. The molecule has 0 aliphatic heterocycles. The van der Waals surface area contributed by atoms with E-state index >= 15 is 4.39 Å². The van der Waals surface area contributed by atoms with Crippen LogP contribution in [0, 0.1) is 5.82 Å². The van der Waals surface area contributed by atoms with Crippen molar-refractivity contribution in [1.82, 2.24) is 15.2 Å². The Balaban J connectivity index is 1.40. The van der Waals surface area contributed by atoms with Gasteiger partial charge in [0.25, 0.3) is 0 Å². The number of hydrogen-bond donors (Lipinski definition) is 2. The number of pyridine rings is 1. The monoisotopic (exact) mass is 412 g/mol. The second kappa shape index (κ2) is 6.57. The predicted octanol–water partition coefficient (Wildman–Crippen LogP) is 4.49. The van der Waals surface area contributed by atoms with Gasteiger partial charge in [-0.1, -0.05) is 36.4 Å². The number of halogens is 1. The zero-order valence-electron chi connectivity index (χ0n) is 16.4. The van der Waals surface area contributed by atoms with E-state index in [4.69, 9.17) is 0 Å². The highest BCUT2D eigenvalue weighted by atomic mass is 19.1. The van der Waals surface area contributed by atoms with Crippen molar-refractivity contribution < 1.29 is 14.0 Å². The van der Waals surface area contributed by atoms with E-state index in [1.165, 1.54) is 17.2 Å². The summed E-state index contributed by atoms with van der Waals surface area (Å²) in [6, 6.07) is 13.9. The lowest BCUT2D eigenvalue weighted by atomic mass is 9.97. The molecule has 2 aromatic heterocycles. The molecule has 0 unspecified atom stereocenters. The van der Waals surface area contributed by atoms with Crippen LogP contribution >= 0.6 is 0 Å². The summed E-state index contributed by atoms with van der Waals surface area (Å²) in [6.07, 6.45) is 3.05. The van der Waals surface area contributed by atoms with Crippen molar-refractivity contribution in [2.24, 2.45) is 0 Å². The van der Waals surface area contributed by atoms with Gasteiger partial charge < -0.3 is 5.32 Å². The second-order valence-electron chi connectivity index (χ2n) is 7.96. The Hall–Kier alpha value is -3.87. The summed E-state index contributed by atoms with van der Waals surface area (Å²) in [5.74, 6) is -2.18. The molecule has 0 saturated carbocycles. The SMILES string of the molecule is O=C1c2ccccc2C(=O)C1c1[nH]nc2nc(Nc3cccc4c3CCC4)c(F)cc12. The Morgan fingerprint density at radius 1 is 1.00 bits per heavy atom. The number of carbonyl (C=O) groups is 2. The summed E-state index contributed by atoms with van der Waals surface area (Å²) in [6.45, 7) is 0. The Bertz CT molecular complexity index is 1370. The van der Waals surface area contributed by atoms with E-state index in [9.17, 15) is 9.59 Å². The van der Waals surface area contributed by atoms with E-state index in [1.807, 2.05) is 12.1 Å². The van der Waals surface area contributed by atoms with Crippen LogP contribution in [0.1, 0.15) is 49.9 Å². The zero-order chi connectivity index (χ0) is 21.1. The summed E-state index contributed by atoms with van der Waals surface area (Å²) in [5, 5.41) is 10.4. The minimum atomic E-state index is -1.06. The van der Waals surface area contributed by atoms with E-state index in [2.05, 4.69) is 26.6 Å². The molecule has 4 aromatic rings. The zero-order valence-corrected chi connectivity index (χ0v) is 16.4. The van der Waals surface area contributed by atoms with Crippen LogP contribution in [-0.4, -0.2) is 26.7 Å². The lowest BCUT2D eigenvalue weighted by molar-refractivity contribution is 0.0888. The molecule has 2 heterocycles. The van der Waals surface area contributed by atoms with Crippen LogP contribution in [0.4, 0.5) is 15.9 Å². The summed E-state index contributed by atoms with van der Waals surface area (Å²) >= 11 is 0. The van der Waals surface area contributed by atoms with Gasteiger partial charge in [-0.15, -0.1) is 0 Å². The van der Waals surface area contributed by atoms with Gasteiger partial charge in [0.2, 0.25) is 0 Å². The molecular formula is C24H17FN4O2. The van der Waals surface area contributed by atoms with Crippen LogP contribution in [0.5, 0.6) is 0 Å². The first-order valence-electron chi connectivity index (χ1n) is 10.2. The molecule has 7 heteroatoms. The van der Waals surface area contributed by atoms with Gasteiger partial charge in [-0.3, -0.25) is 14.7 Å². The summed E-state index contributed by atoms with van der Waals surface area (Å²) in [4.78, 5) is 30.0. The van der Waals surface area contributed by atoms with Gasteiger partial charge in [0, 0.05) is 22.2 Å². The van der Waals surface area contributed by atoms with Crippen LogP contribution in [0.25, 0.3) is 11.0 Å². The van der Waals surface area contributed by atoms with Gasteiger partial charge in [0.05, 0.1) is 5.69 Å². The molecule has 0 amide bonds. The van der Waals surface area contributed by atoms with Gasteiger partial charge in [-0.2, -0.15) is 5.10 Å². The summed E-state index contributed by atoms with van der Waals surface area (Å²) < 4.78 is 15.0. The van der Waals surface area contributed by atoms with Crippen LogP contribution in [-0.2, 0) is 12.8 Å². The Morgan fingerprint density at radius 3 is 2.55 bits per heavy atom. The van der Waals surface area contributed by atoms with Crippen molar-refractivity contribution in [1.29, 1.82) is 0 Å². The minimum Gasteiger partial charge on any atom is -0.337 e. The van der Waals surface area contributed by atoms with Crippen molar-refractivity contribution in [3.8, 4) is 0 Å². The fourth-order valence-electron chi connectivity index (χ4n) is 4.71. The largest absolute Gasteiger partial charge is 0.337 e. The van der Waals surface area contributed by atoms with Gasteiger partial charge in [-0.05, 0) is 42.5 Å². The third-order valence-corrected chi connectivity index (χ3v) is 6.20. The standard InChI is InChI=1S/C24H17FN4O2/c25-17-11-16-20(19-21(30)14-7-1-2-8-15(14)22(19)31)28-29-23(16)27-24(17)26-18-10-4-6-12-5-3-9-13(12)18/h1-2,4,6-8,10-11,19H,3,5,9H2,(H2,26,27,28,29). The average molecular weight is 412 g/mol. The molecule has 6 nitrogen and oxygen atoms in total. The van der Waals surface area contributed by atoms with E-state index in [0.29, 0.717) is 16.5 Å². The van der Waals surface area contributed by atoms with Crippen molar-refractivity contribution in [3.63, 3.8) is 0 Å². The Kier molecular flexibility index (Phi) is 3.80. The van der Waals surface area contributed by atoms with Crippen LogP contribution in [0.2, 0.25) is 0 Å². The highest BCUT2D eigenvalue weighted by Gasteiger charge is 2.41. The van der Waals surface area contributed by atoms with E-state index in [0.717, 1.165) is 24.9 Å². The number of benzene rings is 2. The lowest BCUT2D eigenvalue weighted by Gasteiger charge is -2.11.